The highest BCUT2D eigenvalue weighted by molar-refractivity contribution is 5.92. The summed E-state index contributed by atoms with van der Waals surface area (Å²) in [7, 11) is 0. The highest BCUT2D eigenvalue weighted by Crippen LogP contribution is 2.34. The van der Waals surface area contributed by atoms with Crippen LogP contribution in [0, 0.1) is 0 Å². The van der Waals surface area contributed by atoms with Crippen molar-refractivity contribution in [3.63, 3.8) is 0 Å². The molecule has 0 bridgehead atoms. The average molecular weight is 369 g/mol. The summed E-state index contributed by atoms with van der Waals surface area (Å²) in [6, 6.07) is 26.0. The van der Waals surface area contributed by atoms with Crippen molar-refractivity contribution in [3.05, 3.63) is 90.0 Å². The molecule has 0 unspecified atom stereocenters. The molecule has 3 aromatic carbocycles. The van der Waals surface area contributed by atoms with Crippen LogP contribution in [0.3, 0.4) is 0 Å². The number of hydrogen-bond donors (Lipinski definition) is 1. The minimum Gasteiger partial charge on any atom is -0.478 e. The number of aromatic carboxylic acids is 1. The van der Waals surface area contributed by atoms with Gasteiger partial charge in [-0.2, -0.15) is 0 Å². The highest BCUT2D eigenvalue weighted by atomic mass is 16.4. The van der Waals surface area contributed by atoms with Gasteiger partial charge in [0.05, 0.1) is 16.8 Å². The number of carboxylic acid groups (broad SMARTS) is 1. The lowest BCUT2D eigenvalue weighted by Gasteiger charge is -2.19. The van der Waals surface area contributed by atoms with Gasteiger partial charge < -0.3 is 9.67 Å². The molecule has 0 radical (unpaired) electrons. The molecule has 1 aromatic heterocycles. The number of rotatable bonds is 3. The summed E-state index contributed by atoms with van der Waals surface area (Å²) < 4.78 is 2.14. The van der Waals surface area contributed by atoms with Crippen LogP contribution >= 0.6 is 0 Å². The number of fused-ring (bicyclic) bond motifs is 1. The zero-order valence-corrected chi connectivity index (χ0v) is 16.3. The molecule has 0 aliphatic rings. The normalized spacial score (nSPS) is 11.7. The lowest BCUT2D eigenvalue weighted by atomic mass is 9.86. The van der Waals surface area contributed by atoms with Crippen molar-refractivity contribution in [1.29, 1.82) is 0 Å². The summed E-state index contributed by atoms with van der Waals surface area (Å²) in [6.45, 7) is 6.62. The van der Waals surface area contributed by atoms with E-state index in [0.717, 1.165) is 27.8 Å². The first-order valence-electron chi connectivity index (χ1n) is 9.40. The average Bonchev–Trinajstić information content (AvgIpc) is 3.07. The Morgan fingerprint density at radius 2 is 1.61 bits per heavy atom. The number of hydrogen-bond acceptors (Lipinski definition) is 1. The van der Waals surface area contributed by atoms with Gasteiger partial charge in [0.1, 0.15) is 0 Å². The maximum Gasteiger partial charge on any atom is 0.335 e. The fraction of sp³-hybridized carbons (Fsp3) is 0.160. The Morgan fingerprint density at radius 3 is 2.29 bits per heavy atom. The summed E-state index contributed by atoms with van der Waals surface area (Å²) in [4.78, 5) is 11.5. The SMILES string of the molecule is CC(C)(C)c1ccc2c(c1)cc(-c1ccccc1)n2-c1cccc(C(=O)O)c1. The first kappa shape index (κ1) is 18.1. The van der Waals surface area contributed by atoms with E-state index >= 15 is 0 Å². The first-order chi connectivity index (χ1) is 13.3. The second kappa shape index (κ2) is 6.68. The molecule has 28 heavy (non-hydrogen) atoms. The second-order valence-corrected chi connectivity index (χ2v) is 8.11. The Labute approximate surface area is 164 Å². The van der Waals surface area contributed by atoms with Crippen LogP contribution in [0.25, 0.3) is 27.8 Å². The van der Waals surface area contributed by atoms with Gasteiger partial charge in [0.25, 0.3) is 0 Å². The molecule has 0 saturated heterocycles. The predicted molar refractivity (Wildman–Crippen MR) is 114 cm³/mol. The van der Waals surface area contributed by atoms with E-state index in [1.54, 1.807) is 18.2 Å². The minimum atomic E-state index is -0.922. The Morgan fingerprint density at radius 1 is 0.857 bits per heavy atom. The number of benzene rings is 3. The number of nitrogens with zero attached hydrogens (tertiary/aromatic N) is 1. The molecule has 4 aromatic rings. The van der Waals surface area contributed by atoms with E-state index in [9.17, 15) is 9.90 Å². The summed E-state index contributed by atoms with van der Waals surface area (Å²) in [5.74, 6) is -0.922. The second-order valence-electron chi connectivity index (χ2n) is 8.11. The fourth-order valence-electron chi connectivity index (χ4n) is 3.56. The lowest BCUT2D eigenvalue weighted by molar-refractivity contribution is 0.0697. The molecule has 0 fully saturated rings. The molecule has 0 amide bonds. The van der Waals surface area contributed by atoms with Crippen molar-refractivity contribution in [2.75, 3.05) is 0 Å². The van der Waals surface area contributed by atoms with Crippen molar-refractivity contribution in [2.45, 2.75) is 26.2 Å². The molecule has 4 rings (SSSR count). The van der Waals surface area contributed by atoms with Crippen LogP contribution in [0.1, 0.15) is 36.7 Å². The monoisotopic (exact) mass is 369 g/mol. The van der Waals surface area contributed by atoms with Gasteiger partial charge in [-0.15, -0.1) is 0 Å². The Hall–Kier alpha value is -3.33. The molecule has 140 valence electrons. The third-order valence-electron chi connectivity index (χ3n) is 5.09. The van der Waals surface area contributed by atoms with Crippen LogP contribution in [0.2, 0.25) is 0 Å². The zero-order chi connectivity index (χ0) is 19.9. The van der Waals surface area contributed by atoms with E-state index in [-0.39, 0.29) is 11.0 Å². The molecular weight excluding hydrogens is 346 g/mol. The van der Waals surface area contributed by atoms with Gasteiger partial charge in [0, 0.05) is 11.1 Å². The molecule has 1 N–H and O–H groups in total. The van der Waals surface area contributed by atoms with Crippen LogP contribution in [0.4, 0.5) is 0 Å². The summed E-state index contributed by atoms with van der Waals surface area (Å²) >= 11 is 0. The number of aromatic nitrogens is 1. The Bertz CT molecular complexity index is 1160. The topological polar surface area (TPSA) is 42.2 Å². The quantitative estimate of drug-likeness (QED) is 0.461. The van der Waals surface area contributed by atoms with Crippen LogP contribution in [-0.4, -0.2) is 15.6 Å². The smallest absolute Gasteiger partial charge is 0.335 e. The summed E-state index contributed by atoms with van der Waals surface area (Å²) in [5.41, 5.74) is 5.67. The highest BCUT2D eigenvalue weighted by Gasteiger charge is 2.18. The Kier molecular flexibility index (Phi) is 4.31. The fourth-order valence-corrected chi connectivity index (χ4v) is 3.56. The third kappa shape index (κ3) is 3.20. The van der Waals surface area contributed by atoms with Gasteiger partial charge >= 0.3 is 5.97 Å². The van der Waals surface area contributed by atoms with Gasteiger partial charge in [0.2, 0.25) is 0 Å². The summed E-state index contributed by atoms with van der Waals surface area (Å²) in [6.07, 6.45) is 0. The third-order valence-corrected chi connectivity index (χ3v) is 5.09. The number of carboxylic acids is 1. The molecule has 3 heteroatoms. The molecule has 0 spiro atoms. The van der Waals surface area contributed by atoms with E-state index in [2.05, 4.69) is 61.7 Å². The van der Waals surface area contributed by atoms with E-state index in [1.807, 2.05) is 24.3 Å². The van der Waals surface area contributed by atoms with E-state index in [0.29, 0.717) is 0 Å². The lowest BCUT2D eigenvalue weighted by Crippen LogP contribution is -2.10. The maximum atomic E-state index is 11.5. The number of carbonyl (C=O) groups is 1. The molecule has 0 atom stereocenters. The minimum absolute atomic E-state index is 0.0619. The maximum absolute atomic E-state index is 11.5. The molecule has 3 nitrogen and oxygen atoms in total. The molecule has 0 saturated carbocycles. The van der Waals surface area contributed by atoms with Gasteiger partial charge in [-0.3, -0.25) is 0 Å². The van der Waals surface area contributed by atoms with Gasteiger partial charge in [-0.1, -0.05) is 63.2 Å². The molecule has 1 heterocycles. The predicted octanol–water partition coefficient (Wildman–Crippen LogP) is 6.29. The zero-order valence-electron chi connectivity index (χ0n) is 16.3. The molecule has 0 aliphatic heterocycles. The molecular formula is C25H23NO2. The van der Waals surface area contributed by atoms with Gasteiger partial charge in [-0.25, -0.2) is 4.79 Å². The van der Waals surface area contributed by atoms with Crippen molar-refractivity contribution in [2.24, 2.45) is 0 Å². The van der Waals surface area contributed by atoms with Crippen molar-refractivity contribution in [3.8, 4) is 16.9 Å². The van der Waals surface area contributed by atoms with Crippen molar-refractivity contribution >= 4 is 16.9 Å². The van der Waals surface area contributed by atoms with Crippen LogP contribution in [0.15, 0.2) is 78.9 Å². The van der Waals surface area contributed by atoms with Crippen LogP contribution < -0.4 is 0 Å². The largest absolute Gasteiger partial charge is 0.478 e. The van der Waals surface area contributed by atoms with E-state index < -0.39 is 5.97 Å². The molecule has 0 aliphatic carbocycles. The van der Waals surface area contributed by atoms with Crippen LogP contribution in [0.5, 0.6) is 0 Å². The van der Waals surface area contributed by atoms with Crippen molar-refractivity contribution < 1.29 is 9.90 Å². The van der Waals surface area contributed by atoms with E-state index in [1.165, 1.54) is 5.56 Å². The first-order valence-corrected chi connectivity index (χ1v) is 9.40. The van der Waals surface area contributed by atoms with Gasteiger partial charge in [-0.05, 0) is 52.9 Å². The van der Waals surface area contributed by atoms with E-state index in [4.69, 9.17) is 0 Å². The standard InChI is InChI=1S/C25H23NO2/c1-25(2,3)20-12-13-22-19(14-20)16-23(17-8-5-4-6-9-17)26(22)21-11-7-10-18(15-21)24(27)28/h4-16H,1-3H3,(H,27,28). The van der Waals surface area contributed by atoms with Crippen LogP contribution in [-0.2, 0) is 5.41 Å². The van der Waals surface area contributed by atoms with Gasteiger partial charge in [0.15, 0.2) is 0 Å². The summed E-state index contributed by atoms with van der Waals surface area (Å²) in [5, 5.41) is 10.6. The van der Waals surface area contributed by atoms with Crippen molar-refractivity contribution in [1.82, 2.24) is 4.57 Å². The Balaban J connectivity index is 2.02.